The molecular weight excluding hydrogens is 211 g/mol. The highest BCUT2D eigenvalue weighted by Gasteiger charge is 2.35. The molecule has 3 unspecified atom stereocenters. The average Bonchev–Trinajstić information content (AvgIpc) is 2.41. The van der Waals surface area contributed by atoms with Crippen LogP contribution in [0.5, 0.6) is 0 Å². The quantitative estimate of drug-likeness (QED) is 0.653. The van der Waals surface area contributed by atoms with Crippen LogP contribution in [0.25, 0.3) is 0 Å². The summed E-state index contributed by atoms with van der Waals surface area (Å²) in [6.45, 7) is 1.04. The molecule has 1 fully saturated rings. The van der Waals surface area contributed by atoms with Crippen LogP contribution in [0.2, 0.25) is 0 Å². The third-order valence-electron chi connectivity index (χ3n) is 1.96. The van der Waals surface area contributed by atoms with Crippen LogP contribution in [0.1, 0.15) is 6.42 Å². The Kier molecular flexibility index (Phi) is 4.06. The highest BCUT2D eigenvalue weighted by atomic mass is 31.2. The van der Waals surface area contributed by atoms with E-state index >= 15 is 0 Å². The van der Waals surface area contributed by atoms with Gasteiger partial charge in [-0.2, -0.15) is 0 Å². The zero-order chi connectivity index (χ0) is 10.8. The van der Waals surface area contributed by atoms with Gasteiger partial charge in [-0.25, -0.2) is 0 Å². The van der Waals surface area contributed by atoms with Gasteiger partial charge in [0.1, 0.15) is 6.10 Å². The van der Waals surface area contributed by atoms with Crippen LogP contribution in [0.3, 0.4) is 0 Å². The molecule has 1 heterocycles. The van der Waals surface area contributed by atoms with E-state index < -0.39 is 20.0 Å². The lowest BCUT2D eigenvalue weighted by Gasteiger charge is -2.17. The Bertz CT molecular complexity index is 226. The minimum Gasteiger partial charge on any atom is -0.378 e. The standard InChI is InChI=1S/C7H15O6P/c1-11-5-3-7(8)13-6(5)4-12-14(2,9)10/h5-8H,3-4H2,1-2H3,(H,9,10)/t5-,6?,7?/m1/s1. The highest BCUT2D eigenvalue weighted by molar-refractivity contribution is 7.51. The van der Waals surface area contributed by atoms with Gasteiger partial charge in [-0.15, -0.1) is 0 Å². The van der Waals surface area contributed by atoms with Crippen LogP contribution in [0.15, 0.2) is 0 Å². The van der Waals surface area contributed by atoms with Gasteiger partial charge in [-0.1, -0.05) is 0 Å². The molecule has 0 aliphatic carbocycles. The third-order valence-corrected chi connectivity index (χ3v) is 2.59. The van der Waals surface area contributed by atoms with Gasteiger partial charge < -0.3 is 24.0 Å². The molecule has 0 saturated carbocycles. The second-order valence-corrected chi connectivity index (χ2v) is 5.10. The minimum absolute atomic E-state index is 0.0557. The van der Waals surface area contributed by atoms with Gasteiger partial charge in [0.15, 0.2) is 6.29 Å². The molecule has 0 aromatic heterocycles. The van der Waals surface area contributed by atoms with Crippen molar-refractivity contribution >= 4 is 7.60 Å². The van der Waals surface area contributed by atoms with Crippen molar-refractivity contribution in [1.82, 2.24) is 0 Å². The fraction of sp³-hybridized carbons (Fsp3) is 1.00. The number of hydrogen-bond donors (Lipinski definition) is 2. The molecule has 0 aromatic rings. The average molecular weight is 226 g/mol. The van der Waals surface area contributed by atoms with Crippen LogP contribution in [-0.2, 0) is 18.6 Å². The minimum atomic E-state index is -3.49. The Hall–Kier alpha value is 0.0300. The van der Waals surface area contributed by atoms with Crippen LogP contribution < -0.4 is 0 Å². The summed E-state index contributed by atoms with van der Waals surface area (Å²) in [6, 6.07) is 0. The highest BCUT2D eigenvalue weighted by Crippen LogP contribution is 2.37. The third kappa shape index (κ3) is 3.65. The molecule has 1 aliphatic rings. The zero-order valence-corrected chi connectivity index (χ0v) is 9.02. The smallest absolute Gasteiger partial charge is 0.325 e. The molecule has 1 saturated heterocycles. The molecule has 84 valence electrons. The normalized spacial score (nSPS) is 37.0. The van der Waals surface area contributed by atoms with Gasteiger partial charge >= 0.3 is 7.60 Å². The Morgan fingerprint density at radius 3 is 2.79 bits per heavy atom. The molecule has 2 N–H and O–H groups in total. The van der Waals surface area contributed by atoms with E-state index in [0.717, 1.165) is 6.66 Å². The molecule has 0 bridgehead atoms. The molecule has 0 amide bonds. The van der Waals surface area contributed by atoms with Crippen molar-refractivity contribution in [2.45, 2.75) is 24.9 Å². The molecule has 0 radical (unpaired) electrons. The summed E-state index contributed by atoms with van der Waals surface area (Å²) in [7, 11) is -2.00. The number of aliphatic hydroxyl groups is 1. The van der Waals surface area contributed by atoms with E-state index in [0.29, 0.717) is 6.42 Å². The first-order valence-electron chi connectivity index (χ1n) is 4.23. The number of methoxy groups -OCH3 is 1. The van der Waals surface area contributed by atoms with Gasteiger partial charge in [0.25, 0.3) is 0 Å². The number of rotatable bonds is 4. The first-order valence-corrected chi connectivity index (χ1v) is 6.26. The van der Waals surface area contributed by atoms with Gasteiger partial charge in [0.2, 0.25) is 0 Å². The van der Waals surface area contributed by atoms with Gasteiger partial charge in [-0.3, -0.25) is 4.57 Å². The molecule has 0 spiro atoms. The molecule has 0 aromatic carbocycles. The Balaban J connectivity index is 2.40. The van der Waals surface area contributed by atoms with Gasteiger partial charge in [0.05, 0.1) is 12.7 Å². The molecule has 7 heteroatoms. The van der Waals surface area contributed by atoms with E-state index in [4.69, 9.17) is 19.5 Å². The SMILES string of the molecule is CO[C@@H]1CC(O)OC1COP(C)(=O)O. The fourth-order valence-corrected chi connectivity index (χ4v) is 1.73. The van der Waals surface area contributed by atoms with Crippen molar-refractivity contribution in [3.05, 3.63) is 0 Å². The predicted molar refractivity (Wildman–Crippen MR) is 48.0 cm³/mol. The maximum Gasteiger partial charge on any atom is 0.325 e. The molecule has 6 nitrogen and oxygen atoms in total. The van der Waals surface area contributed by atoms with E-state index in [9.17, 15) is 4.57 Å². The van der Waals surface area contributed by atoms with Crippen molar-refractivity contribution in [3.8, 4) is 0 Å². The lowest BCUT2D eigenvalue weighted by Crippen LogP contribution is -2.27. The Labute approximate surface area is 82.3 Å². The summed E-state index contributed by atoms with van der Waals surface area (Å²) < 4.78 is 25.6. The Morgan fingerprint density at radius 1 is 1.64 bits per heavy atom. The predicted octanol–water partition coefficient (Wildman–Crippen LogP) is -0.0595. The topological polar surface area (TPSA) is 85.2 Å². The van der Waals surface area contributed by atoms with Gasteiger partial charge in [-0.05, 0) is 0 Å². The van der Waals surface area contributed by atoms with E-state index in [-0.39, 0.29) is 12.7 Å². The maximum absolute atomic E-state index is 10.8. The van der Waals surface area contributed by atoms with E-state index in [1.165, 1.54) is 7.11 Å². The molecule has 1 aliphatic heterocycles. The molecular formula is C7H15O6P. The summed E-state index contributed by atoms with van der Waals surface area (Å²) in [4.78, 5) is 8.88. The van der Waals surface area contributed by atoms with Crippen molar-refractivity contribution < 1.29 is 28.6 Å². The first-order chi connectivity index (χ1) is 6.42. The number of aliphatic hydroxyl groups excluding tert-OH is 1. The second kappa shape index (κ2) is 4.70. The van der Waals surface area contributed by atoms with Crippen molar-refractivity contribution in [2.24, 2.45) is 0 Å². The van der Waals surface area contributed by atoms with Crippen LogP contribution in [0.4, 0.5) is 0 Å². The van der Waals surface area contributed by atoms with Crippen LogP contribution >= 0.6 is 7.60 Å². The summed E-state index contributed by atoms with van der Waals surface area (Å²) in [5, 5.41) is 9.14. The van der Waals surface area contributed by atoms with Crippen molar-refractivity contribution in [3.63, 3.8) is 0 Å². The maximum atomic E-state index is 10.8. The van der Waals surface area contributed by atoms with Crippen LogP contribution in [-0.4, -0.2) is 48.9 Å². The molecule has 1 rings (SSSR count). The first kappa shape index (κ1) is 12.1. The monoisotopic (exact) mass is 226 g/mol. The molecule has 14 heavy (non-hydrogen) atoms. The molecule has 4 atom stereocenters. The van der Waals surface area contributed by atoms with Crippen molar-refractivity contribution in [1.29, 1.82) is 0 Å². The van der Waals surface area contributed by atoms with E-state index in [1.807, 2.05) is 0 Å². The van der Waals surface area contributed by atoms with Gasteiger partial charge in [0, 0.05) is 20.2 Å². The fourth-order valence-electron chi connectivity index (χ4n) is 1.30. The summed E-state index contributed by atoms with van der Waals surface area (Å²) in [6.07, 6.45) is -1.32. The number of ether oxygens (including phenoxy) is 2. The lowest BCUT2D eigenvalue weighted by atomic mass is 10.2. The largest absolute Gasteiger partial charge is 0.378 e. The lowest BCUT2D eigenvalue weighted by molar-refractivity contribution is -0.107. The van der Waals surface area contributed by atoms with Crippen LogP contribution in [0, 0.1) is 0 Å². The van der Waals surface area contributed by atoms with Crippen molar-refractivity contribution in [2.75, 3.05) is 20.4 Å². The Morgan fingerprint density at radius 2 is 2.29 bits per heavy atom. The summed E-state index contributed by atoms with van der Waals surface area (Å²) in [5.74, 6) is 0. The summed E-state index contributed by atoms with van der Waals surface area (Å²) in [5.41, 5.74) is 0. The second-order valence-electron chi connectivity index (χ2n) is 3.24. The zero-order valence-electron chi connectivity index (χ0n) is 8.12. The van der Waals surface area contributed by atoms with E-state index in [2.05, 4.69) is 4.52 Å². The number of hydrogen-bond acceptors (Lipinski definition) is 5. The summed E-state index contributed by atoms with van der Waals surface area (Å²) >= 11 is 0. The van der Waals surface area contributed by atoms with E-state index in [1.54, 1.807) is 0 Å².